The number of nitrogens with one attached hydrogen (secondary N) is 1. The van der Waals surface area contributed by atoms with Crippen LogP contribution in [0.2, 0.25) is 0 Å². The van der Waals surface area contributed by atoms with Gasteiger partial charge in [0.05, 0.1) is 24.5 Å². The van der Waals surface area contributed by atoms with E-state index >= 15 is 0 Å². The minimum absolute atomic E-state index is 0.0912. The molecule has 9 heteroatoms. The number of halogens is 2. The van der Waals surface area contributed by atoms with E-state index in [-0.39, 0.29) is 13.1 Å². The molecule has 3 N–H and O–H groups in total. The number of alkyl halides is 1. The molecule has 1 atom stereocenters. The number of benzene rings is 1. The molecule has 142 valence electrons. The van der Waals surface area contributed by atoms with Gasteiger partial charge in [0.15, 0.2) is 0 Å². The number of hydrogen-bond acceptors (Lipinski definition) is 4. The monoisotopic (exact) mass is 368 g/mol. The van der Waals surface area contributed by atoms with Crippen LogP contribution in [-0.4, -0.2) is 50.1 Å². The number of amides is 3. The molecule has 1 aromatic carbocycles. The first-order valence-corrected chi connectivity index (χ1v) is 8.50. The number of primary amides is 1. The Hall–Kier alpha value is -2.58. The molecule has 2 saturated heterocycles. The Morgan fingerprint density at radius 1 is 1.42 bits per heavy atom. The molecule has 0 unspecified atom stereocenters. The zero-order valence-electron chi connectivity index (χ0n) is 14.5. The van der Waals surface area contributed by atoms with Crippen LogP contribution in [-0.2, 0) is 4.74 Å². The Kier molecular flexibility index (Phi) is 4.88. The maximum absolute atomic E-state index is 14.6. The largest absolute Gasteiger partial charge is 0.442 e. The van der Waals surface area contributed by atoms with Gasteiger partial charge in [0.2, 0.25) is 0 Å². The molecule has 1 aromatic rings. The Bertz CT molecular complexity index is 703. The van der Waals surface area contributed by atoms with E-state index in [1.807, 2.05) is 4.90 Å². The summed E-state index contributed by atoms with van der Waals surface area (Å²) in [6, 6.07) is 3.78. The van der Waals surface area contributed by atoms with Crippen molar-refractivity contribution in [3.63, 3.8) is 0 Å². The van der Waals surface area contributed by atoms with Crippen molar-refractivity contribution >= 4 is 23.5 Å². The van der Waals surface area contributed by atoms with Gasteiger partial charge in [-0.15, -0.1) is 0 Å². The van der Waals surface area contributed by atoms with Gasteiger partial charge in [-0.05, 0) is 38.0 Å². The third kappa shape index (κ3) is 3.97. The molecule has 2 aliphatic rings. The average molecular weight is 368 g/mol. The van der Waals surface area contributed by atoms with Gasteiger partial charge >= 0.3 is 12.1 Å². The smallest absolute Gasteiger partial charge is 0.414 e. The maximum Gasteiger partial charge on any atom is 0.414 e. The summed E-state index contributed by atoms with van der Waals surface area (Å²) >= 11 is 0. The Labute approximate surface area is 150 Å². The standard InChI is InChI=1S/C17H22F2N4O3/c1-17(19)4-6-22(7-5-17)14-3-2-11(8-13(14)18)23-10-12(26-16(23)25)9-21-15(20)24/h2-3,8,12H,4-7,9-10H2,1H3,(H3,20,21,24)/t12-/m0/s1. The number of carbonyl (C=O) groups excluding carboxylic acids is 2. The summed E-state index contributed by atoms with van der Waals surface area (Å²) in [4.78, 5) is 25.8. The first kappa shape index (κ1) is 18.2. The molecular weight excluding hydrogens is 346 g/mol. The van der Waals surface area contributed by atoms with E-state index in [1.54, 1.807) is 19.1 Å². The topological polar surface area (TPSA) is 87.9 Å². The number of anilines is 2. The van der Waals surface area contributed by atoms with Crippen LogP contribution in [0, 0.1) is 5.82 Å². The molecule has 3 rings (SSSR count). The van der Waals surface area contributed by atoms with Crippen LogP contribution >= 0.6 is 0 Å². The SMILES string of the molecule is CC1(F)CCN(c2ccc(N3C[C@H](CNC(N)=O)OC3=O)cc2F)CC1. The summed E-state index contributed by atoms with van der Waals surface area (Å²) in [5.74, 6) is -0.475. The van der Waals surface area contributed by atoms with Gasteiger partial charge in [-0.1, -0.05) is 0 Å². The fourth-order valence-electron chi connectivity index (χ4n) is 3.19. The zero-order chi connectivity index (χ0) is 18.9. The lowest BCUT2D eigenvalue weighted by atomic mass is 9.95. The summed E-state index contributed by atoms with van der Waals surface area (Å²) in [7, 11) is 0. The zero-order valence-corrected chi connectivity index (χ0v) is 14.5. The predicted molar refractivity (Wildman–Crippen MR) is 92.6 cm³/mol. The second-order valence-electron chi connectivity index (χ2n) is 6.90. The van der Waals surface area contributed by atoms with Gasteiger partial charge in [0, 0.05) is 13.1 Å². The second kappa shape index (κ2) is 6.97. The lowest BCUT2D eigenvalue weighted by Crippen LogP contribution is -2.40. The number of nitrogens with zero attached hydrogens (tertiary/aromatic N) is 2. The van der Waals surface area contributed by atoms with E-state index < -0.39 is 29.7 Å². The number of hydrogen-bond donors (Lipinski definition) is 2. The van der Waals surface area contributed by atoms with Crippen LogP contribution < -0.4 is 20.9 Å². The molecule has 7 nitrogen and oxygen atoms in total. The van der Waals surface area contributed by atoms with E-state index in [1.165, 1.54) is 11.0 Å². The Morgan fingerprint density at radius 2 is 2.12 bits per heavy atom. The number of cyclic esters (lactones) is 1. The predicted octanol–water partition coefficient (Wildman–Crippen LogP) is 2.15. The fraction of sp³-hybridized carbons (Fsp3) is 0.529. The third-order valence-corrected chi connectivity index (χ3v) is 4.77. The molecule has 0 saturated carbocycles. The van der Waals surface area contributed by atoms with Crippen molar-refractivity contribution in [3.8, 4) is 0 Å². The highest BCUT2D eigenvalue weighted by Gasteiger charge is 2.34. The van der Waals surface area contributed by atoms with Crippen LogP contribution in [0.3, 0.4) is 0 Å². The van der Waals surface area contributed by atoms with Crippen molar-refractivity contribution in [2.75, 3.05) is 36.0 Å². The lowest BCUT2D eigenvalue weighted by Gasteiger charge is -2.35. The van der Waals surface area contributed by atoms with E-state index in [0.29, 0.717) is 37.3 Å². The molecule has 3 amide bonds. The molecule has 26 heavy (non-hydrogen) atoms. The van der Waals surface area contributed by atoms with Crippen molar-refractivity contribution in [2.45, 2.75) is 31.5 Å². The minimum atomic E-state index is -1.21. The van der Waals surface area contributed by atoms with Crippen molar-refractivity contribution in [3.05, 3.63) is 24.0 Å². The Balaban J connectivity index is 1.68. The highest BCUT2D eigenvalue weighted by molar-refractivity contribution is 5.90. The van der Waals surface area contributed by atoms with Crippen molar-refractivity contribution in [1.29, 1.82) is 0 Å². The van der Waals surface area contributed by atoms with E-state index in [9.17, 15) is 18.4 Å². The van der Waals surface area contributed by atoms with Gasteiger partial charge < -0.3 is 20.7 Å². The van der Waals surface area contributed by atoms with Gasteiger partial charge in [-0.3, -0.25) is 4.90 Å². The Morgan fingerprint density at radius 3 is 2.73 bits per heavy atom. The molecule has 2 fully saturated rings. The van der Waals surface area contributed by atoms with Crippen LogP contribution in [0.25, 0.3) is 0 Å². The first-order chi connectivity index (χ1) is 12.2. The quantitative estimate of drug-likeness (QED) is 0.852. The van der Waals surface area contributed by atoms with Gasteiger partial charge in [-0.2, -0.15) is 0 Å². The number of rotatable bonds is 4. The lowest BCUT2D eigenvalue weighted by molar-refractivity contribution is 0.141. The summed E-state index contributed by atoms with van der Waals surface area (Å²) in [6.45, 7) is 2.72. The molecule has 2 aliphatic heterocycles. The van der Waals surface area contributed by atoms with E-state index in [2.05, 4.69) is 5.32 Å². The molecule has 0 aliphatic carbocycles. The third-order valence-electron chi connectivity index (χ3n) is 4.77. The average Bonchev–Trinajstić information content (AvgIpc) is 2.94. The van der Waals surface area contributed by atoms with Gasteiger partial charge in [0.25, 0.3) is 0 Å². The number of nitrogens with two attached hydrogens (primary N) is 1. The highest BCUT2D eigenvalue weighted by atomic mass is 19.1. The van der Waals surface area contributed by atoms with Gasteiger partial charge in [0.1, 0.15) is 17.6 Å². The normalized spacial score (nSPS) is 22.3. The summed E-state index contributed by atoms with van der Waals surface area (Å²) in [5, 5.41) is 2.37. The molecule has 0 spiro atoms. The highest BCUT2D eigenvalue weighted by Crippen LogP contribution is 2.32. The number of urea groups is 1. The van der Waals surface area contributed by atoms with Crippen molar-refractivity contribution < 1.29 is 23.1 Å². The van der Waals surface area contributed by atoms with Crippen LogP contribution in [0.5, 0.6) is 0 Å². The minimum Gasteiger partial charge on any atom is -0.442 e. The molecule has 0 bridgehead atoms. The number of ether oxygens (including phenoxy) is 1. The van der Waals surface area contributed by atoms with Gasteiger partial charge in [-0.25, -0.2) is 18.4 Å². The molecule has 0 radical (unpaired) electrons. The van der Waals surface area contributed by atoms with E-state index in [0.717, 1.165) is 0 Å². The number of carbonyl (C=O) groups is 2. The fourth-order valence-corrected chi connectivity index (χ4v) is 3.19. The van der Waals surface area contributed by atoms with Crippen LogP contribution in [0.15, 0.2) is 18.2 Å². The molecule has 0 aromatic heterocycles. The summed E-state index contributed by atoms with van der Waals surface area (Å²) in [6.07, 6.45) is -0.468. The summed E-state index contributed by atoms with van der Waals surface area (Å²) in [5.41, 5.74) is 4.54. The maximum atomic E-state index is 14.6. The molecule has 2 heterocycles. The second-order valence-corrected chi connectivity index (χ2v) is 6.90. The summed E-state index contributed by atoms with van der Waals surface area (Å²) < 4.78 is 33.6. The number of piperidine rings is 1. The first-order valence-electron chi connectivity index (χ1n) is 8.50. The van der Waals surface area contributed by atoms with Crippen LogP contribution in [0.1, 0.15) is 19.8 Å². The molecular formula is C17H22F2N4O3. The van der Waals surface area contributed by atoms with Crippen LogP contribution in [0.4, 0.5) is 29.7 Å². The van der Waals surface area contributed by atoms with E-state index in [4.69, 9.17) is 10.5 Å². The van der Waals surface area contributed by atoms with Crippen molar-refractivity contribution in [1.82, 2.24) is 5.32 Å². The van der Waals surface area contributed by atoms with Crippen molar-refractivity contribution in [2.24, 2.45) is 5.73 Å².